The van der Waals surface area contributed by atoms with E-state index >= 15 is 0 Å². The quantitative estimate of drug-likeness (QED) is 0.583. The van der Waals surface area contributed by atoms with Gasteiger partial charge < -0.3 is 9.47 Å². The molecule has 1 saturated heterocycles. The molecule has 0 amide bonds. The molecule has 92 valence electrons. The number of rotatable bonds is 3. The van der Waals surface area contributed by atoms with Gasteiger partial charge in [-0.05, 0) is 36.5 Å². The molecule has 2 saturated carbocycles. The van der Waals surface area contributed by atoms with E-state index < -0.39 is 0 Å². The molecular weight excluding hydrogens is 315 g/mol. The molecule has 2 bridgehead atoms. The molecule has 1 heterocycles. The molecule has 0 aromatic carbocycles. The highest BCUT2D eigenvalue weighted by Crippen LogP contribution is 2.63. The standard InChI is InChI=1S/C13H21IO2/c1-12(2)9-3-4-10(5-9)13(12,8-14)16-11-6-15-7-11/h9-11H,3-8H2,1-2H3. The van der Waals surface area contributed by atoms with Gasteiger partial charge in [-0.1, -0.05) is 36.4 Å². The van der Waals surface area contributed by atoms with Crippen molar-refractivity contribution >= 4 is 22.6 Å². The highest BCUT2D eigenvalue weighted by molar-refractivity contribution is 14.1. The zero-order valence-corrected chi connectivity index (χ0v) is 12.3. The van der Waals surface area contributed by atoms with Gasteiger partial charge in [0, 0.05) is 4.43 Å². The topological polar surface area (TPSA) is 18.5 Å². The van der Waals surface area contributed by atoms with Gasteiger partial charge >= 0.3 is 0 Å². The minimum absolute atomic E-state index is 0.130. The summed E-state index contributed by atoms with van der Waals surface area (Å²) in [6.45, 7) is 6.47. The third kappa shape index (κ3) is 1.37. The normalized spacial score (nSPS) is 45.9. The first-order valence-corrected chi connectivity index (χ1v) is 7.94. The molecule has 3 aliphatic rings. The van der Waals surface area contributed by atoms with Crippen LogP contribution >= 0.6 is 22.6 Å². The van der Waals surface area contributed by atoms with Crippen molar-refractivity contribution in [2.45, 2.75) is 44.8 Å². The first-order chi connectivity index (χ1) is 7.60. The Hall–Kier alpha value is 0.650. The average molecular weight is 336 g/mol. The second-order valence-electron chi connectivity index (χ2n) is 6.23. The smallest absolute Gasteiger partial charge is 0.105 e. The summed E-state index contributed by atoms with van der Waals surface area (Å²) in [6, 6.07) is 0. The van der Waals surface area contributed by atoms with Crippen LogP contribution < -0.4 is 0 Å². The van der Waals surface area contributed by atoms with E-state index in [2.05, 4.69) is 36.4 Å². The Bertz CT molecular complexity index is 288. The van der Waals surface area contributed by atoms with Crippen LogP contribution in [0.1, 0.15) is 33.1 Å². The third-order valence-corrected chi connectivity index (χ3v) is 6.52. The van der Waals surface area contributed by atoms with Crippen LogP contribution in [0.2, 0.25) is 0 Å². The van der Waals surface area contributed by atoms with Crippen molar-refractivity contribution in [2.24, 2.45) is 17.3 Å². The molecule has 3 heteroatoms. The van der Waals surface area contributed by atoms with Crippen LogP contribution in [-0.4, -0.2) is 29.3 Å². The van der Waals surface area contributed by atoms with E-state index in [0.29, 0.717) is 11.5 Å². The molecule has 3 atom stereocenters. The van der Waals surface area contributed by atoms with Gasteiger partial charge in [-0.3, -0.25) is 0 Å². The van der Waals surface area contributed by atoms with Crippen LogP contribution in [0.4, 0.5) is 0 Å². The zero-order chi connectivity index (χ0) is 11.4. The fourth-order valence-corrected chi connectivity index (χ4v) is 5.86. The van der Waals surface area contributed by atoms with Gasteiger partial charge in [-0.15, -0.1) is 0 Å². The lowest BCUT2D eigenvalue weighted by Crippen LogP contribution is -2.57. The lowest BCUT2D eigenvalue weighted by molar-refractivity contribution is -0.231. The molecule has 0 radical (unpaired) electrons. The molecular formula is C13H21IO2. The largest absolute Gasteiger partial charge is 0.376 e. The van der Waals surface area contributed by atoms with Crippen molar-refractivity contribution in [3.63, 3.8) is 0 Å². The molecule has 3 unspecified atom stereocenters. The number of fused-ring (bicyclic) bond motifs is 2. The van der Waals surface area contributed by atoms with E-state index in [4.69, 9.17) is 9.47 Å². The molecule has 1 aliphatic heterocycles. The maximum atomic E-state index is 6.50. The Morgan fingerprint density at radius 1 is 1.25 bits per heavy atom. The van der Waals surface area contributed by atoms with Crippen molar-refractivity contribution in [1.29, 1.82) is 0 Å². The van der Waals surface area contributed by atoms with Crippen molar-refractivity contribution < 1.29 is 9.47 Å². The number of hydrogen-bond acceptors (Lipinski definition) is 2. The van der Waals surface area contributed by atoms with Crippen LogP contribution in [0.25, 0.3) is 0 Å². The van der Waals surface area contributed by atoms with Gasteiger partial charge in [0.2, 0.25) is 0 Å². The summed E-state index contributed by atoms with van der Waals surface area (Å²) < 4.78 is 12.9. The highest BCUT2D eigenvalue weighted by atomic mass is 127. The molecule has 16 heavy (non-hydrogen) atoms. The van der Waals surface area contributed by atoms with Crippen LogP contribution in [0.15, 0.2) is 0 Å². The molecule has 0 aromatic rings. The maximum Gasteiger partial charge on any atom is 0.105 e. The van der Waals surface area contributed by atoms with Gasteiger partial charge in [0.05, 0.1) is 18.8 Å². The van der Waals surface area contributed by atoms with Gasteiger partial charge in [-0.2, -0.15) is 0 Å². The summed E-state index contributed by atoms with van der Waals surface area (Å²) in [5.74, 6) is 1.68. The lowest BCUT2D eigenvalue weighted by Gasteiger charge is -2.51. The molecule has 0 spiro atoms. The predicted molar refractivity (Wildman–Crippen MR) is 71.9 cm³/mol. The lowest BCUT2D eigenvalue weighted by atomic mass is 9.66. The second kappa shape index (κ2) is 3.82. The van der Waals surface area contributed by atoms with Crippen molar-refractivity contribution in [3.8, 4) is 0 Å². The molecule has 0 N–H and O–H groups in total. The molecule has 3 fully saturated rings. The Balaban J connectivity index is 1.86. The minimum Gasteiger partial charge on any atom is -0.376 e. The Morgan fingerprint density at radius 3 is 2.38 bits per heavy atom. The van der Waals surface area contributed by atoms with Gasteiger partial charge in [-0.25, -0.2) is 0 Å². The highest BCUT2D eigenvalue weighted by Gasteiger charge is 2.64. The molecule has 0 aromatic heterocycles. The van der Waals surface area contributed by atoms with Crippen LogP contribution in [0.5, 0.6) is 0 Å². The third-order valence-electron chi connectivity index (χ3n) is 5.39. The number of ether oxygens (including phenoxy) is 2. The van der Waals surface area contributed by atoms with Gasteiger partial charge in [0.25, 0.3) is 0 Å². The molecule has 2 nitrogen and oxygen atoms in total. The van der Waals surface area contributed by atoms with Crippen molar-refractivity contribution in [3.05, 3.63) is 0 Å². The summed E-state index contributed by atoms with van der Waals surface area (Å²) in [5.41, 5.74) is 0.484. The maximum absolute atomic E-state index is 6.50. The monoisotopic (exact) mass is 336 g/mol. The summed E-state index contributed by atoms with van der Waals surface area (Å²) in [5, 5.41) is 0. The Kier molecular flexibility index (Phi) is 2.80. The Morgan fingerprint density at radius 2 is 1.94 bits per heavy atom. The van der Waals surface area contributed by atoms with E-state index in [1.807, 2.05) is 0 Å². The minimum atomic E-state index is 0.130. The first-order valence-electron chi connectivity index (χ1n) is 6.41. The predicted octanol–water partition coefficient (Wildman–Crippen LogP) is 3.03. The van der Waals surface area contributed by atoms with E-state index in [9.17, 15) is 0 Å². The fraction of sp³-hybridized carbons (Fsp3) is 1.00. The summed E-state index contributed by atoms with van der Waals surface area (Å²) >= 11 is 2.53. The van der Waals surface area contributed by atoms with E-state index in [0.717, 1.165) is 29.5 Å². The summed E-state index contributed by atoms with van der Waals surface area (Å²) in [7, 11) is 0. The Labute approximate surface area is 112 Å². The number of hydrogen-bond donors (Lipinski definition) is 0. The average Bonchev–Trinajstić information content (AvgIpc) is 2.72. The summed E-state index contributed by atoms with van der Waals surface area (Å²) in [6.07, 6.45) is 4.56. The summed E-state index contributed by atoms with van der Waals surface area (Å²) in [4.78, 5) is 0. The van der Waals surface area contributed by atoms with E-state index in [-0.39, 0.29) is 5.60 Å². The van der Waals surface area contributed by atoms with Crippen LogP contribution in [0.3, 0.4) is 0 Å². The van der Waals surface area contributed by atoms with Gasteiger partial charge in [0.1, 0.15) is 6.10 Å². The van der Waals surface area contributed by atoms with Crippen LogP contribution in [0, 0.1) is 17.3 Å². The van der Waals surface area contributed by atoms with E-state index in [1.54, 1.807) is 0 Å². The van der Waals surface area contributed by atoms with Crippen molar-refractivity contribution in [1.82, 2.24) is 0 Å². The number of halogens is 1. The molecule has 2 aliphatic carbocycles. The SMILES string of the molecule is CC1(C)C2CCC(C2)C1(CI)OC1COC1. The first kappa shape index (κ1) is 11.7. The van der Waals surface area contributed by atoms with Gasteiger partial charge in [0.15, 0.2) is 0 Å². The zero-order valence-electron chi connectivity index (χ0n) is 10.2. The number of alkyl halides is 1. The second-order valence-corrected chi connectivity index (χ2v) is 6.99. The van der Waals surface area contributed by atoms with Crippen molar-refractivity contribution in [2.75, 3.05) is 17.6 Å². The fourth-order valence-electron chi connectivity index (χ4n) is 4.07. The molecule has 3 rings (SSSR count). The van der Waals surface area contributed by atoms with Crippen LogP contribution in [-0.2, 0) is 9.47 Å². The van der Waals surface area contributed by atoms with E-state index in [1.165, 1.54) is 19.3 Å².